The second-order valence-electron chi connectivity index (χ2n) is 8.30. The Balaban J connectivity index is 1.84. The first-order valence-electron chi connectivity index (χ1n) is 10.8. The van der Waals surface area contributed by atoms with E-state index in [0.717, 1.165) is 25.9 Å². The van der Waals surface area contributed by atoms with Crippen molar-refractivity contribution in [1.29, 1.82) is 5.41 Å². The number of rotatable bonds is 6. The summed E-state index contributed by atoms with van der Waals surface area (Å²) in [5.41, 5.74) is 10.0. The molecule has 1 unspecified atom stereocenters. The number of hydrazone groups is 1. The lowest BCUT2D eigenvalue weighted by Gasteiger charge is -2.31. The van der Waals surface area contributed by atoms with E-state index in [1.807, 2.05) is 4.90 Å². The third-order valence-electron chi connectivity index (χ3n) is 5.67. The van der Waals surface area contributed by atoms with Crippen molar-refractivity contribution < 1.29 is 13.2 Å². The monoisotopic (exact) mass is 473 g/mol. The number of nitrogens with one attached hydrogen (secondary N) is 2. The fourth-order valence-electron chi connectivity index (χ4n) is 3.58. The molecule has 2 aliphatic rings. The number of likely N-dealkylation sites (tertiary alicyclic amines) is 1. The molecule has 1 fully saturated rings. The van der Waals surface area contributed by atoms with Gasteiger partial charge < -0.3 is 15.4 Å². The average molecular weight is 474 g/mol. The van der Waals surface area contributed by atoms with Gasteiger partial charge in [-0.05, 0) is 70.5 Å². The Hall–Kier alpha value is -3.05. The van der Waals surface area contributed by atoms with E-state index in [2.05, 4.69) is 27.2 Å². The summed E-state index contributed by atoms with van der Waals surface area (Å²) in [6.45, 7) is 10.7. The van der Waals surface area contributed by atoms with Crippen molar-refractivity contribution in [2.24, 2.45) is 26.7 Å². The minimum absolute atomic E-state index is 0.146. The summed E-state index contributed by atoms with van der Waals surface area (Å²) < 4.78 is 30.6. The number of aliphatic imine (C=N–C) groups is 2. The Kier molecular flexibility index (Phi) is 7.65. The molecule has 2 aliphatic heterocycles. The molecule has 2 heterocycles. The number of nitrogens with two attached hydrogens (primary N) is 1. The minimum atomic E-state index is -3.36. The van der Waals surface area contributed by atoms with E-state index in [4.69, 9.17) is 15.9 Å². The van der Waals surface area contributed by atoms with E-state index in [1.165, 1.54) is 0 Å². The summed E-state index contributed by atoms with van der Waals surface area (Å²) >= 11 is 0. The van der Waals surface area contributed by atoms with Crippen molar-refractivity contribution in [3.05, 3.63) is 41.4 Å². The maximum Gasteiger partial charge on any atom is 0.316 e. The van der Waals surface area contributed by atoms with Crippen molar-refractivity contribution in [2.45, 2.75) is 43.8 Å². The van der Waals surface area contributed by atoms with Gasteiger partial charge in [-0.15, -0.1) is 5.10 Å². The molecule has 0 bridgehead atoms. The number of ether oxygens (including phenoxy) is 1. The average Bonchev–Trinajstić information content (AvgIpc) is 3.32. The molecule has 11 heteroatoms. The summed E-state index contributed by atoms with van der Waals surface area (Å²) in [4.78, 5) is 10.5. The zero-order chi connectivity index (χ0) is 24.2. The smallest absolute Gasteiger partial charge is 0.316 e. The standard InChI is InChI=1S/C22H31N7O3S/c1-14(2)33(30,31)18-9-7-17(8-10-18)15(3)26-19(20(24)25-4)21-27-28-22(32-21)29-11-5-6-16(12-23)13-29/h7-10,14,16,24,27H,4-6,11-13,23H2,1-3H3. The highest BCUT2D eigenvalue weighted by atomic mass is 32.2. The Morgan fingerprint density at radius 2 is 2.09 bits per heavy atom. The Morgan fingerprint density at radius 1 is 1.39 bits per heavy atom. The summed E-state index contributed by atoms with van der Waals surface area (Å²) in [5.74, 6) is 0.398. The van der Waals surface area contributed by atoms with E-state index < -0.39 is 15.1 Å². The molecule has 1 aromatic carbocycles. The number of hydrogen-bond donors (Lipinski definition) is 3. The van der Waals surface area contributed by atoms with E-state index >= 15 is 0 Å². The Morgan fingerprint density at radius 3 is 2.70 bits per heavy atom. The second-order valence-corrected chi connectivity index (χ2v) is 10.8. The number of piperidine rings is 1. The largest absolute Gasteiger partial charge is 0.404 e. The van der Waals surface area contributed by atoms with Crippen molar-refractivity contribution in [3.63, 3.8) is 0 Å². The molecule has 1 saturated heterocycles. The van der Waals surface area contributed by atoms with Crippen LogP contribution in [0.4, 0.5) is 0 Å². The van der Waals surface area contributed by atoms with E-state index in [9.17, 15) is 8.42 Å². The molecule has 4 N–H and O–H groups in total. The molecule has 178 valence electrons. The van der Waals surface area contributed by atoms with E-state index in [0.29, 0.717) is 29.8 Å². The summed E-state index contributed by atoms with van der Waals surface area (Å²) in [6.07, 6.45) is 2.08. The maximum atomic E-state index is 12.4. The molecule has 0 aliphatic carbocycles. The molecular weight excluding hydrogens is 442 g/mol. The van der Waals surface area contributed by atoms with Crippen LogP contribution in [0.15, 0.2) is 55.8 Å². The van der Waals surface area contributed by atoms with Gasteiger partial charge in [-0.2, -0.15) is 0 Å². The predicted octanol–water partition coefficient (Wildman–Crippen LogP) is 2.09. The first-order chi connectivity index (χ1) is 15.7. The first kappa shape index (κ1) is 24.6. The zero-order valence-corrected chi connectivity index (χ0v) is 20.0. The number of sulfone groups is 1. The molecule has 0 amide bonds. The van der Waals surface area contributed by atoms with Gasteiger partial charge in [-0.1, -0.05) is 12.1 Å². The van der Waals surface area contributed by atoms with Crippen LogP contribution in [0.3, 0.4) is 0 Å². The minimum Gasteiger partial charge on any atom is -0.404 e. The van der Waals surface area contributed by atoms with Crippen molar-refractivity contribution in [3.8, 4) is 0 Å². The lowest BCUT2D eigenvalue weighted by Crippen LogP contribution is -2.42. The molecular formula is C22H31N7O3S. The second kappa shape index (κ2) is 10.3. The highest BCUT2D eigenvalue weighted by molar-refractivity contribution is 7.92. The highest BCUT2D eigenvalue weighted by Gasteiger charge is 2.28. The van der Waals surface area contributed by atoms with Gasteiger partial charge in [-0.25, -0.2) is 23.8 Å². The maximum absolute atomic E-state index is 12.4. The van der Waals surface area contributed by atoms with Crippen molar-refractivity contribution >= 4 is 34.1 Å². The van der Waals surface area contributed by atoms with E-state index in [-0.39, 0.29) is 22.3 Å². The lowest BCUT2D eigenvalue weighted by molar-refractivity contribution is 0.220. The summed E-state index contributed by atoms with van der Waals surface area (Å²) in [5, 5.41) is 11.9. The van der Waals surface area contributed by atoms with E-state index in [1.54, 1.807) is 45.0 Å². The molecule has 3 rings (SSSR count). The third-order valence-corrected chi connectivity index (χ3v) is 7.84. The number of amidine groups is 2. The van der Waals surface area contributed by atoms with Gasteiger partial charge in [0.05, 0.1) is 10.1 Å². The van der Waals surface area contributed by atoms with Gasteiger partial charge in [0.1, 0.15) is 0 Å². The molecule has 0 saturated carbocycles. The molecule has 33 heavy (non-hydrogen) atoms. The van der Waals surface area contributed by atoms with Crippen LogP contribution in [0, 0.1) is 11.3 Å². The van der Waals surface area contributed by atoms with Gasteiger partial charge in [-0.3, -0.25) is 5.41 Å². The van der Waals surface area contributed by atoms with Gasteiger partial charge in [0.2, 0.25) is 5.88 Å². The molecule has 1 aromatic rings. The van der Waals surface area contributed by atoms with Crippen LogP contribution in [0.2, 0.25) is 0 Å². The van der Waals surface area contributed by atoms with Crippen LogP contribution in [-0.2, 0) is 14.6 Å². The molecule has 0 spiro atoms. The summed E-state index contributed by atoms with van der Waals surface area (Å²) in [6, 6.07) is 6.90. The van der Waals surface area contributed by atoms with Crippen LogP contribution < -0.4 is 11.2 Å². The van der Waals surface area contributed by atoms with Crippen LogP contribution in [0.25, 0.3) is 0 Å². The number of nitrogens with zero attached hydrogens (tertiary/aromatic N) is 4. The van der Waals surface area contributed by atoms with Gasteiger partial charge in [0.15, 0.2) is 21.4 Å². The zero-order valence-electron chi connectivity index (χ0n) is 19.2. The predicted molar refractivity (Wildman–Crippen MR) is 130 cm³/mol. The fourth-order valence-corrected chi connectivity index (χ4v) is 4.64. The lowest BCUT2D eigenvalue weighted by atomic mass is 9.99. The third kappa shape index (κ3) is 5.48. The molecule has 10 nitrogen and oxygen atoms in total. The van der Waals surface area contributed by atoms with Gasteiger partial charge >= 0.3 is 6.02 Å². The van der Waals surface area contributed by atoms with Crippen molar-refractivity contribution in [2.75, 3.05) is 19.6 Å². The summed E-state index contributed by atoms with van der Waals surface area (Å²) in [7, 11) is -3.36. The molecule has 0 aromatic heterocycles. The number of benzene rings is 1. The Bertz CT molecular complexity index is 1110. The van der Waals surface area contributed by atoms with Crippen LogP contribution in [-0.4, -0.2) is 62.5 Å². The normalized spacial score (nSPS) is 20.8. The number of hydrogen-bond acceptors (Lipinski definition) is 9. The Labute approximate surface area is 194 Å². The molecule has 0 radical (unpaired) electrons. The van der Waals surface area contributed by atoms with Gasteiger partial charge in [0.25, 0.3) is 0 Å². The van der Waals surface area contributed by atoms with Crippen LogP contribution in [0.1, 0.15) is 39.2 Å². The SMILES string of the molecule is C=NC(=N)C(N=C(C)c1ccc(S(=O)(=O)C(C)C)cc1)=C1NN=C(N2CCCC(CN)C2)O1. The fraction of sp³-hybridized carbons (Fsp3) is 0.455. The topological polar surface area (TPSA) is 146 Å². The van der Waals surface area contributed by atoms with Crippen LogP contribution in [0.5, 0.6) is 0 Å². The van der Waals surface area contributed by atoms with Gasteiger partial charge in [0, 0.05) is 18.8 Å². The quantitative estimate of drug-likeness (QED) is 0.426. The highest BCUT2D eigenvalue weighted by Crippen LogP contribution is 2.22. The first-order valence-corrected chi connectivity index (χ1v) is 12.4. The van der Waals surface area contributed by atoms with Crippen molar-refractivity contribution in [1.82, 2.24) is 10.3 Å². The molecule has 1 atom stereocenters. The van der Waals surface area contributed by atoms with Crippen LogP contribution >= 0.6 is 0 Å².